The molecule has 0 N–H and O–H groups in total. The second kappa shape index (κ2) is 7.14. The predicted molar refractivity (Wildman–Crippen MR) is 94.7 cm³/mol. The van der Waals surface area contributed by atoms with Gasteiger partial charge in [-0.1, -0.05) is 37.3 Å². The molecule has 0 spiro atoms. The maximum absolute atomic E-state index is 12.3. The molecule has 0 atom stereocenters. The van der Waals surface area contributed by atoms with E-state index in [1.54, 1.807) is 0 Å². The summed E-state index contributed by atoms with van der Waals surface area (Å²) in [6.07, 6.45) is 6.21. The highest BCUT2D eigenvalue weighted by atomic mass is 16.5. The number of fused-ring (bicyclic) bond motifs is 1. The van der Waals surface area contributed by atoms with Crippen LogP contribution in [0.25, 0.3) is 17.0 Å². The van der Waals surface area contributed by atoms with Gasteiger partial charge in [-0.05, 0) is 37.0 Å². The van der Waals surface area contributed by atoms with E-state index >= 15 is 0 Å². The van der Waals surface area contributed by atoms with E-state index < -0.39 is 5.41 Å². The molecule has 1 aliphatic rings. The summed E-state index contributed by atoms with van der Waals surface area (Å²) in [6.45, 7) is 3.26. The first kappa shape index (κ1) is 16.7. The Labute approximate surface area is 142 Å². The van der Waals surface area contributed by atoms with Crippen LogP contribution in [0.4, 0.5) is 0 Å². The molecule has 126 valence electrons. The minimum absolute atomic E-state index is 0.186. The highest BCUT2D eigenvalue weighted by molar-refractivity contribution is 5.83. The topological polar surface area (TPSA) is 48.4 Å². The summed E-state index contributed by atoms with van der Waals surface area (Å²) >= 11 is 0. The Morgan fingerprint density at radius 2 is 2.04 bits per heavy atom. The molecular formula is C20H23NO3. The van der Waals surface area contributed by atoms with Crippen LogP contribution in [0.1, 0.15) is 31.0 Å². The molecule has 0 aliphatic carbocycles. The normalized spacial score (nSPS) is 17.2. The van der Waals surface area contributed by atoms with Crippen LogP contribution in [-0.2, 0) is 20.7 Å². The lowest BCUT2D eigenvalue weighted by molar-refractivity contribution is -0.154. The Morgan fingerprint density at radius 1 is 1.29 bits per heavy atom. The monoisotopic (exact) mass is 325 g/mol. The average Bonchev–Trinajstić information content (AvgIpc) is 2.65. The summed E-state index contributed by atoms with van der Waals surface area (Å²) in [6, 6.07) is 10.3. The maximum Gasteiger partial charge on any atom is 0.315 e. The zero-order chi connectivity index (χ0) is 17.0. The van der Waals surface area contributed by atoms with Crippen LogP contribution in [0.3, 0.4) is 0 Å². The van der Waals surface area contributed by atoms with Gasteiger partial charge < -0.3 is 9.47 Å². The highest BCUT2D eigenvalue weighted by Gasteiger charge is 2.38. The molecule has 1 aromatic carbocycles. The van der Waals surface area contributed by atoms with Crippen molar-refractivity contribution in [3.8, 4) is 0 Å². The van der Waals surface area contributed by atoms with Crippen molar-refractivity contribution >= 4 is 22.9 Å². The fourth-order valence-corrected chi connectivity index (χ4v) is 3.11. The number of hydrogen-bond donors (Lipinski definition) is 0. The number of aromatic nitrogens is 1. The number of hydrogen-bond acceptors (Lipinski definition) is 4. The standard InChI is InChI=1S/C20H23NO3/c1-3-17-7-6-16-5-4-15(14-18(16)21-17)8-9-20(19(22)23-2)10-12-24-13-11-20/h4-9,14H,3,10-13H2,1-2H3/b9-8+. The third-order valence-electron chi connectivity index (χ3n) is 4.71. The van der Waals surface area contributed by atoms with Crippen LogP contribution in [0.15, 0.2) is 36.4 Å². The van der Waals surface area contributed by atoms with Crippen LogP contribution in [0.5, 0.6) is 0 Å². The molecule has 2 aromatic rings. The van der Waals surface area contributed by atoms with E-state index in [1.165, 1.54) is 7.11 Å². The van der Waals surface area contributed by atoms with Gasteiger partial charge in [0.25, 0.3) is 0 Å². The zero-order valence-corrected chi connectivity index (χ0v) is 14.2. The van der Waals surface area contributed by atoms with E-state index in [4.69, 9.17) is 9.47 Å². The number of esters is 1. The van der Waals surface area contributed by atoms with Crippen molar-refractivity contribution < 1.29 is 14.3 Å². The first-order chi connectivity index (χ1) is 11.7. The highest BCUT2D eigenvalue weighted by Crippen LogP contribution is 2.34. The molecule has 4 nitrogen and oxygen atoms in total. The molecule has 1 aliphatic heterocycles. The number of benzene rings is 1. The first-order valence-corrected chi connectivity index (χ1v) is 8.42. The maximum atomic E-state index is 12.3. The van der Waals surface area contributed by atoms with Crippen LogP contribution in [0.2, 0.25) is 0 Å². The number of ether oxygens (including phenoxy) is 2. The molecule has 0 amide bonds. The van der Waals surface area contributed by atoms with E-state index in [0.717, 1.165) is 28.6 Å². The van der Waals surface area contributed by atoms with Gasteiger partial charge in [0.15, 0.2) is 0 Å². The molecule has 0 radical (unpaired) electrons. The molecule has 4 heteroatoms. The number of aryl methyl sites for hydroxylation is 1. The molecule has 1 aromatic heterocycles. The van der Waals surface area contributed by atoms with Gasteiger partial charge in [0.2, 0.25) is 0 Å². The van der Waals surface area contributed by atoms with E-state index in [1.807, 2.05) is 12.2 Å². The lowest BCUT2D eigenvalue weighted by Crippen LogP contribution is -2.36. The summed E-state index contributed by atoms with van der Waals surface area (Å²) in [5.41, 5.74) is 2.52. The van der Waals surface area contributed by atoms with Gasteiger partial charge in [0.1, 0.15) is 0 Å². The van der Waals surface area contributed by atoms with E-state index in [-0.39, 0.29) is 5.97 Å². The molecule has 2 heterocycles. The first-order valence-electron chi connectivity index (χ1n) is 8.42. The molecule has 0 unspecified atom stereocenters. The number of pyridine rings is 1. The lowest BCUT2D eigenvalue weighted by atomic mass is 9.79. The Kier molecular flexibility index (Phi) is 4.95. The second-order valence-corrected chi connectivity index (χ2v) is 6.20. The predicted octanol–water partition coefficient (Wildman–Crippen LogP) is 3.78. The number of rotatable bonds is 4. The van der Waals surface area contributed by atoms with E-state index in [9.17, 15) is 4.79 Å². The number of nitrogens with zero attached hydrogens (tertiary/aromatic N) is 1. The summed E-state index contributed by atoms with van der Waals surface area (Å²) < 4.78 is 10.4. The van der Waals surface area contributed by atoms with Crippen molar-refractivity contribution in [3.63, 3.8) is 0 Å². The largest absolute Gasteiger partial charge is 0.468 e. The molecular weight excluding hydrogens is 302 g/mol. The van der Waals surface area contributed by atoms with Gasteiger partial charge in [0.05, 0.1) is 18.0 Å². The Balaban J connectivity index is 1.91. The van der Waals surface area contributed by atoms with Crippen molar-refractivity contribution in [2.45, 2.75) is 26.2 Å². The van der Waals surface area contributed by atoms with Crippen LogP contribution >= 0.6 is 0 Å². The molecule has 0 bridgehead atoms. The third-order valence-corrected chi connectivity index (χ3v) is 4.71. The van der Waals surface area contributed by atoms with Crippen LogP contribution < -0.4 is 0 Å². The molecule has 0 saturated carbocycles. The Bertz CT molecular complexity index is 761. The lowest BCUT2D eigenvalue weighted by Gasteiger charge is -2.31. The van der Waals surface area contributed by atoms with Gasteiger partial charge in [0, 0.05) is 24.3 Å². The number of carbonyl (C=O) groups excluding carboxylic acids is 1. The molecule has 24 heavy (non-hydrogen) atoms. The van der Waals surface area contributed by atoms with Crippen molar-refractivity contribution in [3.05, 3.63) is 47.7 Å². The number of carbonyl (C=O) groups is 1. The second-order valence-electron chi connectivity index (χ2n) is 6.20. The van der Waals surface area contributed by atoms with Gasteiger partial charge >= 0.3 is 5.97 Å². The van der Waals surface area contributed by atoms with Gasteiger partial charge in [-0.15, -0.1) is 0 Å². The molecule has 1 fully saturated rings. The fraction of sp³-hybridized carbons (Fsp3) is 0.400. The van der Waals surface area contributed by atoms with Crippen molar-refractivity contribution in [1.82, 2.24) is 4.98 Å². The Hall–Kier alpha value is -2.20. The van der Waals surface area contributed by atoms with Gasteiger partial charge in [-0.25, -0.2) is 0 Å². The fourth-order valence-electron chi connectivity index (χ4n) is 3.11. The summed E-state index contributed by atoms with van der Waals surface area (Å²) in [4.78, 5) is 16.9. The SMILES string of the molecule is CCc1ccc2ccc(/C=C/C3(C(=O)OC)CCOCC3)cc2n1. The van der Waals surface area contributed by atoms with E-state index in [2.05, 4.69) is 42.2 Å². The van der Waals surface area contributed by atoms with Crippen LogP contribution in [-0.4, -0.2) is 31.3 Å². The smallest absolute Gasteiger partial charge is 0.315 e. The van der Waals surface area contributed by atoms with Crippen molar-refractivity contribution in [2.75, 3.05) is 20.3 Å². The average molecular weight is 325 g/mol. The third kappa shape index (κ3) is 3.34. The zero-order valence-electron chi connectivity index (χ0n) is 14.2. The minimum Gasteiger partial charge on any atom is -0.468 e. The number of methoxy groups -OCH3 is 1. The Morgan fingerprint density at radius 3 is 2.75 bits per heavy atom. The van der Waals surface area contributed by atoms with Crippen molar-refractivity contribution in [1.29, 1.82) is 0 Å². The van der Waals surface area contributed by atoms with Gasteiger partial charge in [-0.2, -0.15) is 0 Å². The quantitative estimate of drug-likeness (QED) is 0.803. The van der Waals surface area contributed by atoms with E-state index in [0.29, 0.717) is 26.1 Å². The van der Waals surface area contributed by atoms with Gasteiger partial charge in [-0.3, -0.25) is 9.78 Å². The molecule has 3 rings (SSSR count). The summed E-state index contributed by atoms with van der Waals surface area (Å²) in [5.74, 6) is -0.186. The van der Waals surface area contributed by atoms with Crippen LogP contribution in [0, 0.1) is 5.41 Å². The summed E-state index contributed by atoms with van der Waals surface area (Å²) in [5, 5.41) is 1.12. The van der Waals surface area contributed by atoms with Crippen molar-refractivity contribution in [2.24, 2.45) is 5.41 Å². The summed E-state index contributed by atoms with van der Waals surface area (Å²) in [7, 11) is 1.44. The minimum atomic E-state index is -0.583. The molecule has 1 saturated heterocycles.